The van der Waals surface area contributed by atoms with E-state index in [1.165, 1.54) is 6.07 Å². The lowest BCUT2D eigenvalue weighted by molar-refractivity contribution is 0.0773. The van der Waals surface area contributed by atoms with Gasteiger partial charge in [0.05, 0.1) is 13.2 Å². The van der Waals surface area contributed by atoms with Crippen LogP contribution in [0.25, 0.3) is 0 Å². The minimum atomic E-state index is -0.170. The van der Waals surface area contributed by atoms with Crippen molar-refractivity contribution in [3.63, 3.8) is 0 Å². The molecular formula is C11H14FNOS. The Balaban J connectivity index is 2.05. The van der Waals surface area contributed by atoms with Crippen LogP contribution in [0.5, 0.6) is 0 Å². The maximum atomic E-state index is 13.0. The number of benzene rings is 1. The molecule has 1 saturated heterocycles. The van der Waals surface area contributed by atoms with Gasteiger partial charge >= 0.3 is 0 Å². The van der Waals surface area contributed by atoms with Crippen LogP contribution in [0.4, 0.5) is 4.39 Å². The molecule has 4 heteroatoms. The number of nitrogens with zero attached hydrogens (tertiary/aromatic N) is 1. The average molecular weight is 227 g/mol. The molecule has 82 valence electrons. The standard InChI is InChI=1S/C11H14FNOS/c1-9-2-3-10(12)8-11(9)15-13-4-6-14-7-5-13/h2-3,8H,4-7H2,1H3. The summed E-state index contributed by atoms with van der Waals surface area (Å²) in [6, 6.07) is 4.91. The SMILES string of the molecule is Cc1ccc(F)cc1SN1CCOCC1. The minimum absolute atomic E-state index is 0.170. The van der Waals surface area contributed by atoms with Crippen LogP contribution in [0, 0.1) is 12.7 Å². The number of aryl methyl sites for hydroxylation is 1. The van der Waals surface area contributed by atoms with E-state index in [1.54, 1.807) is 18.0 Å². The summed E-state index contributed by atoms with van der Waals surface area (Å²) >= 11 is 1.62. The number of rotatable bonds is 2. The van der Waals surface area contributed by atoms with Crippen molar-refractivity contribution in [2.75, 3.05) is 26.3 Å². The molecule has 0 spiro atoms. The Labute approximate surface area is 93.5 Å². The number of morpholine rings is 1. The van der Waals surface area contributed by atoms with Crippen molar-refractivity contribution in [3.05, 3.63) is 29.6 Å². The van der Waals surface area contributed by atoms with Crippen molar-refractivity contribution < 1.29 is 9.13 Å². The maximum absolute atomic E-state index is 13.0. The van der Waals surface area contributed by atoms with Gasteiger partial charge in [0.25, 0.3) is 0 Å². The highest BCUT2D eigenvalue weighted by Gasteiger charge is 2.13. The zero-order valence-corrected chi connectivity index (χ0v) is 9.52. The molecule has 0 saturated carbocycles. The molecule has 1 aliphatic rings. The summed E-state index contributed by atoms with van der Waals surface area (Å²) in [5, 5.41) is 0. The Hall–Kier alpha value is -0.580. The van der Waals surface area contributed by atoms with E-state index >= 15 is 0 Å². The van der Waals surface area contributed by atoms with Gasteiger partial charge in [0.15, 0.2) is 0 Å². The van der Waals surface area contributed by atoms with E-state index in [2.05, 4.69) is 4.31 Å². The summed E-state index contributed by atoms with van der Waals surface area (Å²) in [6.07, 6.45) is 0. The highest BCUT2D eigenvalue weighted by atomic mass is 32.2. The lowest BCUT2D eigenvalue weighted by Crippen LogP contribution is -2.30. The summed E-state index contributed by atoms with van der Waals surface area (Å²) < 4.78 is 20.5. The molecule has 0 N–H and O–H groups in total. The molecule has 0 unspecified atom stereocenters. The lowest BCUT2D eigenvalue weighted by Gasteiger charge is -2.25. The molecular weight excluding hydrogens is 213 g/mol. The Morgan fingerprint density at radius 1 is 1.33 bits per heavy atom. The summed E-state index contributed by atoms with van der Waals surface area (Å²) in [6.45, 7) is 5.34. The second-order valence-corrected chi connectivity index (χ2v) is 4.68. The molecule has 1 fully saturated rings. The van der Waals surface area contributed by atoms with E-state index < -0.39 is 0 Å². The van der Waals surface area contributed by atoms with Gasteiger partial charge in [-0.2, -0.15) is 0 Å². The molecule has 2 nitrogen and oxygen atoms in total. The van der Waals surface area contributed by atoms with E-state index in [0.29, 0.717) is 0 Å². The number of ether oxygens (including phenoxy) is 1. The first kappa shape index (κ1) is 10.9. The molecule has 15 heavy (non-hydrogen) atoms. The third kappa shape index (κ3) is 2.93. The van der Waals surface area contributed by atoms with Crippen molar-refractivity contribution in [1.29, 1.82) is 0 Å². The van der Waals surface area contributed by atoms with Crippen molar-refractivity contribution in [1.82, 2.24) is 4.31 Å². The molecule has 1 heterocycles. The molecule has 1 aromatic carbocycles. The van der Waals surface area contributed by atoms with E-state index in [0.717, 1.165) is 36.8 Å². The fourth-order valence-electron chi connectivity index (χ4n) is 1.45. The Bertz CT molecular complexity index is 339. The van der Waals surface area contributed by atoms with Gasteiger partial charge in [-0.15, -0.1) is 0 Å². The Morgan fingerprint density at radius 2 is 2.07 bits per heavy atom. The summed E-state index contributed by atoms with van der Waals surface area (Å²) in [5.74, 6) is -0.170. The van der Waals surface area contributed by atoms with E-state index in [-0.39, 0.29) is 5.82 Å². The van der Waals surface area contributed by atoms with Crippen LogP contribution >= 0.6 is 11.9 Å². The van der Waals surface area contributed by atoms with Crippen LogP contribution in [0.1, 0.15) is 5.56 Å². The third-order valence-corrected chi connectivity index (χ3v) is 3.61. The highest BCUT2D eigenvalue weighted by molar-refractivity contribution is 7.97. The number of hydrogen-bond donors (Lipinski definition) is 0. The Kier molecular flexibility index (Phi) is 3.61. The molecule has 1 aromatic rings. The monoisotopic (exact) mass is 227 g/mol. The van der Waals surface area contributed by atoms with Crippen LogP contribution in [-0.4, -0.2) is 30.6 Å². The number of hydrogen-bond acceptors (Lipinski definition) is 3. The predicted octanol–water partition coefficient (Wildman–Crippen LogP) is 2.47. The summed E-state index contributed by atoms with van der Waals surface area (Å²) in [5.41, 5.74) is 1.12. The van der Waals surface area contributed by atoms with Gasteiger partial charge in [-0.3, -0.25) is 0 Å². The molecule has 0 radical (unpaired) electrons. The summed E-state index contributed by atoms with van der Waals surface area (Å²) in [7, 11) is 0. The van der Waals surface area contributed by atoms with Gasteiger partial charge in [-0.05, 0) is 36.6 Å². The van der Waals surface area contributed by atoms with Crippen LogP contribution in [0.15, 0.2) is 23.1 Å². The largest absolute Gasteiger partial charge is 0.379 e. The van der Waals surface area contributed by atoms with Crippen molar-refractivity contribution >= 4 is 11.9 Å². The fourth-order valence-corrected chi connectivity index (χ4v) is 2.44. The molecule has 0 atom stereocenters. The van der Waals surface area contributed by atoms with Crippen molar-refractivity contribution in [2.24, 2.45) is 0 Å². The van der Waals surface area contributed by atoms with E-state index in [9.17, 15) is 4.39 Å². The minimum Gasteiger partial charge on any atom is -0.379 e. The molecule has 0 aliphatic carbocycles. The first-order chi connectivity index (χ1) is 7.25. The third-order valence-electron chi connectivity index (χ3n) is 2.35. The highest BCUT2D eigenvalue weighted by Crippen LogP contribution is 2.27. The zero-order valence-electron chi connectivity index (χ0n) is 8.70. The first-order valence-corrected chi connectivity index (χ1v) is 5.80. The second kappa shape index (κ2) is 4.96. The second-order valence-electron chi connectivity index (χ2n) is 3.54. The lowest BCUT2D eigenvalue weighted by atomic mass is 10.2. The molecule has 2 rings (SSSR count). The molecule has 0 aromatic heterocycles. The van der Waals surface area contributed by atoms with Crippen molar-refractivity contribution in [3.8, 4) is 0 Å². The van der Waals surface area contributed by atoms with Gasteiger partial charge in [0, 0.05) is 18.0 Å². The fraction of sp³-hybridized carbons (Fsp3) is 0.455. The van der Waals surface area contributed by atoms with E-state index in [4.69, 9.17) is 4.74 Å². The normalized spacial score (nSPS) is 18.0. The quantitative estimate of drug-likeness (QED) is 0.720. The topological polar surface area (TPSA) is 12.5 Å². The maximum Gasteiger partial charge on any atom is 0.124 e. The smallest absolute Gasteiger partial charge is 0.124 e. The molecule has 1 aliphatic heterocycles. The molecule has 0 bridgehead atoms. The van der Waals surface area contributed by atoms with Crippen LogP contribution in [0.2, 0.25) is 0 Å². The van der Waals surface area contributed by atoms with Crippen LogP contribution in [0.3, 0.4) is 0 Å². The van der Waals surface area contributed by atoms with Gasteiger partial charge in [-0.25, -0.2) is 8.70 Å². The predicted molar refractivity (Wildman–Crippen MR) is 59.4 cm³/mol. The van der Waals surface area contributed by atoms with Crippen LogP contribution < -0.4 is 0 Å². The summed E-state index contributed by atoms with van der Waals surface area (Å²) in [4.78, 5) is 0.997. The van der Waals surface area contributed by atoms with Crippen LogP contribution in [-0.2, 0) is 4.74 Å². The van der Waals surface area contributed by atoms with Gasteiger partial charge in [0.2, 0.25) is 0 Å². The zero-order chi connectivity index (χ0) is 10.7. The van der Waals surface area contributed by atoms with E-state index in [1.807, 2.05) is 13.0 Å². The number of halogens is 1. The average Bonchev–Trinajstić information content (AvgIpc) is 2.25. The van der Waals surface area contributed by atoms with Crippen molar-refractivity contribution in [2.45, 2.75) is 11.8 Å². The molecule has 0 amide bonds. The van der Waals surface area contributed by atoms with Gasteiger partial charge < -0.3 is 4.74 Å². The van der Waals surface area contributed by atoms with Gasteiger partial charge in [-0.1, -0.05) is 6.07 Å². The van der Waals surface area contributed by atoms with Gasteiger partial charge in [0.1, 0.15) is 5.82 Å². The first-order valence-electron chi connectivity index (χ1n) is 5.02. The Morgan fingerprint density at radius 3 is 2.80 bits per heavy atom.